The summed E-state index contributed by atoms with van der Waals surface area (Å²) >= 11 is 0. The minimum atomic E-state index is -0.245. The Hall–Kier alpha value is -2.62. The highest BCUT2D eigenvalue weighted by atomic mass is 16.5. The van der Waals surface area contributed by atoms with E-state index in [0.29, 0.717) is 18.2 Å². The average Bonchev–Trinajstić information content (AvgIpc) is 2.85. The lowest BCUT2D eigenvalue weighted by Gasteiger charge is -2.43. The highest BCUT2D eigenvalue weighted by molar-refractivity contribution is 6.55. The van der Waals surface area contributed by atoms with E-state index < -0.39 is 0 Å². The molecule has 0 saturated carbocycles. The Bertz CT molecular complexity index is 984. The molecule has 0 N–H and O–H groups in total. The molecule has 0 spiro atoms. The smallest absolute Gasteiger partial charge is 0.278 e. The van der Waals surface area contributed by atoms with Gasteiger partial charge in [0, 0.05) is 11.1 Å². The van der Waals surface area contributed by atoms with Crippen LogP contribution in [0.5, 0.6) is 5.75 Å². The van der Waals surface area contributed by atoms with Crippen molar-refractivity contribution in [2.24, 2.45) is 4.99 Å². The molecule has 0 aliphatic carbocycles. The molecular formula is C24H28N2O2. The Morgan fingerprint density at radius 1 is 1.14 bits per heavy atom. The maximum atomic E-state index is 13.5. The molecule has 1 amide bonds. The van der Waals surface area contributed by atoms with Crippen LogP contribution in [0.3, 0.4) is 0 Å². The summed E-state index contributed by atoms with van der Waals surface area (Å²) < 4.78 is 5.82. The molecule has 4 nitrogen and oxygen atoms in total. The predicted molar refractivity (Wildman–Crippen MR) is 114 cm³/mol. The largest absolute Gasteiger partial charge is 0.494 e. The van der Waals surface area contributed by atoms with Crippen LogP contribution in [0.15, 0.2) is 35.3 Å². The topological polar surface area (TPSA) is 41.9 Å². The van der Waals surface area contributed by atoms with Gasteiger partial charge in [0.1, 0.15) is 11.5 Å². The molecule has 0 unspecified atom stereocenters. The van der Waals surface area contributed by atoms with Gasteiger partial charge in [-0.15, -0.1) is 0 Å². The SMILES string of the molecule is CCOc1cc2c3c(c1)[C@@H](C)CC(C)(C)N3C(=O)C2=Nc1cc(C)cc(C)c1. The van der Waals surface area contributed by atoms with Crippen molar-refractivity contribution in [2.75, 3.05) is 11.5 Å². The van der Waals surface area contributed by atoms with Crippen LogP contribution >= 0.6 is 0 Å². The molecule has 4 rings (SSSR count). The van der Waals surface area contributed by atoms with Gasteiger partial charge in [-0.25, -0.2) is 4.99 Å². The standard InChI is InChI=1S/C24H28N2O2/c1-7-28-18-11-19-16(4)13-24(5,6)26-22(19)20(12-18)21(23(26)27)25-17-9-14(2)8-15(3)10-17/h8-12,16H,7,13H2,1-6H3/t16-/m0/s1. The zero-order valence-electron chi connectivity index (χ0n) is 17.6. The van der Waals surface area contributed by atoms with Crippen molar-refractivity contribution in [3.05, 3.63) is 52.6 Å². The summed E-state index contributed by atoms with van der Waals surface area (Å²) in [4.78, 5) is 20.3. The van der Waals surface area contributed by atoms with E-state index in [0.717, 1.165) is 40.2 Å². The minimum Gasteiger partial charge on any atom is -0.494 e. The fraction of sp³-hybridized carbons (Fsp3) is 0.417. The van der Waals surface area contributed by atoms with Crippen LogP contribution in [0.2, 0.25) is 0 Å². The number of ether oxygens (including phenoxy) is 1. The summed E-state index contributed by atoms with van der Waals surface area (Å²) in [6.45, 7) is 13.2. The van der Waals surface area contributed by atoms with Gasteiger partial charge in [-0.1, -0.05) is 13.0 Å². The van der Waals surface area contributed by atoms with Crippen LogP contribution < -0.4 is 9.64 Å². The van der Waals surface area contributed by atoms with E-state index in [2.05, 4.69) is 46.8 Å². The number of hydrogen-bond donors (Lipinski definition) is 0. The van der Waals surface area contributed by atoms with Crippen molar-refractivity contribution in [3.63, 3.8) is 0 Å². The maximum absolute atomic E-state index is 13.5. The van der Waals surface area contributed by atoms with Gasteiger partial charge in [-0.3, -0.25) is 4.79 Å². The lowest BCUT2D eigenvalue weighted by Crippen LogP contribution is -2.50. The molecule has 0 aromatic heterocycles. The first-order valence-corrected chi connectivity index (χ1v) is 10.0. The van der Waals surface area contributed by atoms with Gasteiger partial charge in [0.05, 0.1) is 18.0 Å². The molecule has 2 aromatic rings. The first-order chi connectivity index (χ1) is 13.2. The summed E-state index contributed by atoms with van der Waals surface area (Å²) in [6.07, 6.45) is 0.914. The highest BCUT2D eigenvalue weighted by Crippen LogP contribution is 2.50. The van der Waals surface area contributed by atoms with Crippen molar-refractivity contribution < 1.29 is 9.53 Å². The van der Waals surface area contributed by atoms with Gasteiger partial charge in [-0.05, 0) is 87.9 Å². The Morgan fingerprint density at radius 3 is 2.46 bits per heavy atom. The molecule has 1 atom stereocenters. The second kappa shape index (κ2) is 6.47. The quantitative estimate of drug-likeness (QED) is 0.714. The molecule has 4 heteroatoms. The molecule has 2 aliphatic heterocycles. The molecule has 0 radical (unpaired) electrons. The number of anilines is 1. The number of aliphatic imine (C=N–C) groups is 1. The predicted octanol–water partition coefficient (Wildman–Crippen LogP) is 5.46. The average molecular weight is 377 g/mol. The lowest BCUT2D eigenvalue weighted by atomic mass is 9.80. The van der Waals surface area contributed by atoms with E-state index in [9.17, 15) is 4.79 Å². The van der Waals surface area contributed by atoms with Crippen molar-refractivity contribution in [3.8, 4) is 5.75 Å². The minimum absolute atomic E-state index is 0.0130. The molecule has 2 heterocycles. The van der Waals surface area contributed by atoms with Gasteiger partial charge in [-0.2, -0.15) is 0 Å². The third-order valence-electron chi connectivity index (χ3n) is 5.70. The Morgan fingerprint density at radius 2 is 1.82 bits per heavy atom. The first-order valence-electron chi connectivity index (χ1n) is 10.0. The summed E-state index contributed by atoms with van der Waals surface area (Å²) in [6, 6.07) is 10.2. The number of carbonyl (C=O) groups excluding carboxylic acids is 1. The molecule has 0 fully saturated rings. The molecule has 2 aromatic carbocycles. The van der Waals surface area contributed by atoms with Gasteiger partial charge in [0.25, 0.3) is 5.91 Å². The maximum Gasteiger partial charge on any atom is 0.278 e. The lowest BCUT2D eigenvalue weighted by molar-refractivity contribution is -0.113. The Kier molecular flexibility index (Phi) is 4.33. The van der Waals surface area contributed by atoms with Crippen LogP contribution in [-0.2, 0) is 4.79 Å². The number of nitrogens with zero attached hydrogens (tertiary/aromatic N) is 2. The summed E-state index contributed by atoms with van der Waals surface area (Å²) in [5.41, 5.74) is 6.47. The van der Waals surface area contributed by atoms with Crippen LogP contribution in [-0.4, -0.2) is 23.8 Å². The van der Waals surface area contributed by atoms with E-state index in [-0.39, 0.29) is 11.4 Å². The second-order valence-corrected chi connectivity index (χ2v) is 8.71. The number of benzene rings is 2. The third-order valence-corrected chi connectivity index (χ3v) is 5.70. The molecule has 28 heavy (non-hydrogen) atoms. The van der Waals surface area contributed by atoms with E-state index in [1.54, 1.807) is 0 Å². The molecular weight excluding hydrogens is 348 g/mol. The van der Waals surface area contributed by atoms with E-state index >= 15 is 0 Å². The van der Waals surface area contributed by atoms with Crippen molar-refractivity contribution in [1.29, 1.82) is 0 Å². The summed E-state index contributed by atoms with van der Waals surface area (Å²) in [7, 11) is 0. The molecule has 0 bridgehead atoms. The molecule has 0 saturated heterocycles. The number of amides is 1. The van der Waals surface area contributed by atoms with Gasteiger partial charge in [0.2, 0.25) is 0 Å². The van der Waals surface area contributed by atoms with Crippen LogP contribution in [0.25, 0.3) is 0 Å². The normalized spacial score (nSPS) is 21.2. The van der Waals surface area contributed by atoms with Crippen LogP contribution in [0.4, 0.5) is 11.4 Å². The highest BCUT2D eigenvalue weighted by Gasteiger charge is 2.48. The van der Waals surface area contributed by atoms with Crippen LogP contribution in [0.1, 0.15) is 62.3 Å². The monoisotopic (exact) mass is 376 g/mol. The van der Waals surface area contributed by atoms with Gasteiger partial charge < -0.3 is 9.64 Å². The molecule has 146 valence electrons. The first kappa shape index (κ1) is 18.7. The number of carbonyl (C=O) groups is 1. The van der Waals surface area contributed by atoms with Crippen molar-refractivity contribution in [1.82, 2.24) is 0 Å². The fourth-order valence-corrected chi connectivity index (χ4v) is 4.79. The second-order valence-electron chi connectivity index (χ2n) is 8.71. The van der Waals surface area contributed by atoms with E-state index in [4.69, 9.17) is 9.73 Å². The number of hydrogen-bond acceptors (Lipinski definition) is 3. The molecule has 2 aliphatic rings. The van der Waals surface area contributed by atoms with E-state index in [1.807, 2.05) is 30.0 Å². The Balaban J connectivity index is 1.96. The van der Waals surface area contributed by atoms with Crippen molar-refractivity contribution >= 4 is 23.0 Å². The number of rotatable bonds is 3. The summed E-state index contributed by atoms with van der Waals surface area (Å²) in [5, 5.41) is 0. The van der Waals surface area contributed by atoms with Gasteiger partial charge >= 0.3 is 0 Å². The summed E-state index contributed by atoms with van der Waals surface area (Å²) in [5.74, 6) is 1.15. The third kappa shape index (κ3) is 2.92. The fourth-order valence-electron chi connectivity index (χ4n) is 4.79. The number of aryl methyl sites for hydroxylation is 2. The zero-order chi connectivity index (χ0) is 20.2. The van der Waals surface area contributed by atoms with Gasteiger partial charge in [0.15, 0.2) is 0 Å². The van der Waals surface area contributed by atoms with Crippen LogP contribution in [0, 0.1) is 13.8 Å². The van der Waals surface area contributed by atoms with E-state index in [1.165, 1.54) is 5.56 Å². The van der Waals surface area contributed by atoms with Crippen molar-refractivity contribution in [2.45, 2.75) is 59.4 Å². The Labute approximate surface area is 167 Å². The zero-order valence-corrected chi connectivity index (χ0v) is 17.6.